The number of nitrogens with zero attached hydrogens (tertiary/aromatic N) is 3. The van der Waals surface area contributed by atoms with Crippen LogP contribution in [-0.4, -0.2) is 44.6 Å². The lowest BCUT2D eigenvalue weighted by Crippen LogP contribution is -2.61. The van der Waals surface area contributed by atoms with E-state index in [-0.39, 0.29) is 23.9 Å². The molecule has 4 aliphatic rings. The predicted octanol–water partition coefficient (Wildman–Crippen LogP) is 6.91. The van der Waals surface area contributed by atoms with Gasteiger partial charge in [-0.3, -0.25) is 9.69 Å². The van der Waals surface area contributed by atoms with Crippen LogP contribution in [0.4, 0.5) is 0 Å². The second-order valence-corrected chi connectivity index (χ2v) is 13.5. The van der Waals surface area contributed by atoms with Crippen LogP contribution in [0.1, 0.15) is 121 Å². The van der Waals surface area contributed by atoms with E-state index in [4.69, 9.17) is 4.74 Å². The van der Waals surface area contributed by atoms with Crippen molar-refractivity contribution in [2.45, 2.75) is 128 Å². The molecule has 0 spiro atoms. The molecule has 0 amide bonds. The summed E-state index contributed by atoms with van der Waals surface area (Å²) in [4.78, 5) is 34.0. The summed E-state index contributed by atoms with van der Waals surface area (Å²) in [6.07, 6.45) is 16.8. The van der Waals surface area contributed by atoms with E-state index < -0.39 is 5.97 Å². The third kappa shape index (κ3) is 5.07. The summed E-state index contributed by atoms with van der Waals surface area (Å²) in [5.74, 6) is 1.80. The van der Waals surface area contributed by atoms with E-state index in [1.807, 2.05) is 28.8 Å². The van der Waals surface area contributed by atoms with E-state index in [0.29, 0.717) is 23.1 Å². The second kappa shape index (κ2) is 11.0. The maximum absolute atomic E-state index is 13.8. The Balaban J connectivity index is 1.35. The molecule has 2 bridgehead atoms. The standard InChI is InChI=1S/C33H47N3O3/c1-4-39-32(38)30-31(37)35(29-13-9-8-12-28(29)34-30)27-17-25-14-15-26(18-27)36(25)33(19-22(2)16-23(3)20-33)21-24-10-6-5-7-11-24/h8-9,12-13,22-27H,4-7,10-11,14-21H2,1-3H3/t22?,23?,25-,26+,27+,33?. The van der Waals surface area contributed by atoms with Gasteiger partial charge in [0.25, 0.3) is 5.56 Å². The molecule has 4 fully saturated rings. The molecule has 212 valence electrons. The molecule has 6 heteroatoms. The van der Waals surface area contributed by atoms with Crippen molar-refractivity contribution < 1.29 is 9.53 Å². The second-order valence-electron chi connectivity index (χ2n) is 13.5. The maximum atomic E-state index is 13.8. The molecular formula is C33H47N3O3. The first-order valence-corrected chi connectivity index (χ1v) is 15.9. The zero-order valence-electron chi connectivity index (χ0n) is 24.2. The number of benzene rings is 1. The number of para-hydroxylation sites is 2. The fourth-order valence-corrected chi connectivity index (χ4v) is 9.63. The van der Waals surface area contributed by atoms with Crippen LogP contribution in [-0.2, 0) is 4.74 Å². The van der Waals surface area contributed by atoms with Crippen LogP contribution >= 0.6 is 0 Å². The van der Waals surface area contributed by atoms with Gasteiger partial charge in [0, 0.05) is 23.7 Å². The number of esters is 1. The van der Waals surface area contributed by atoms with Crippen LogP contribution in [0, 0.1) is 17.8 Å². The average Bonchev–Trinajstić information content (AvgIpc) is 3.19. The van der Waals surface area contributed by atoms with Crippen molar-refractivity contribution in [3.05, 3.63) is 40.3 Å². The molecule has 5 atom stereocenters. The number of rotatable bonds is 6. The first kappa shape index (κ1) is 27.0. The van der Waals surface area contributed by atoms with Crippen LogP contribution in [0.25, 0.3) is 11.0 Å². The molecule has 0 radical (unpaired) electrons. The minimum Gasteiger partial charge on any atom is -0.461 e. The van der Waals surface area contributed by atoms with Crippen molar-refractivity contribution >= 4 is 17.0 Å². The zero-order chi connectivity index (χ0) is 27.1. The van der Waals surface area contributed by atoms with Gasteiger partial charge in [-0.05, 0) is 88.2 Å². The van der Waals surface area contributed by atoms with Gasteiger partial charge in [0.05, 0.1) is 17.6 Å². The van der Waals surface area contributed by atoms with Gasteiger partial charge < -0.3 is 9.30 Å². The highest BCUT2D eigenvalue weighted by Gasteiger charge is 2.53. The van der Waals surface area contributed by atoms with Gasteiger partial charge in [-0.25, -0.2) is 9.78 Å². The van der Waals surface area contributed by atoms with Gasteiger partial charge in [-0.1, -0.05) is 58.1 Å². The molecule has 1 aromatic carbocycles. The lowest BCUT2D eigenvalue weighted by molar-refractivity contribution is -0.0646. The number of hydrogen-bond donors (Lipinski definition) is 0. The summed E-state index contributed by atoms with van der Waals surface area (Å²) in [6, 6.07) is 8.87. The monoisotopic (exact) mass is 533 g/mol. The molecule has 39 heavy (non-hydrogen) atoms. The summed E-state index contributed by atoms with van der Waals surface area (Å²) in [5.41, 5.74) is 1.47. The van der Waals surface area contributed by atoms with E-state index in [1.165, 1.54) is 70.6 Å². The van der Waals surface area contributed by atoms with Crippen molar-refractivity contribution in [3.8, 4) is 0 Å². The van der Waals surface area contributed by atoms with Crippen molar-refractivity contribution in [2.75, 3.05) is 6.61 Å². The number of carbonyl (C=O) groups excluding carboxylic acids is 1. The fraction of sp³-hybridized carbons (Fsp3) is 0.727. The summed E-state index contributed by atoms with van der Waals surface area (Å²) in [6.45, 7) is 6.97. The van der Waals surface area contributed by atoms with Gasteiger partial charge in [-0.2, -0.15) is 0 Å². The Hall–Kier alpha value is -2.21. The highest BCUT2D eigenvalue weighted by Crippen LogP contribution is 2.53. The molecule has 1 aromatic heterocycles. The highest BCUT2D eigenvalue weighted by atomic mass is 16.5. The molecule has 2 aromatic rings. The van der Waals surface area contributed by atoms with E-state index >= 15 is 0 Å². The molecule has 0 N–H and O–H groups in total. The summed E-state index contributed by atoms with van der Waals surface area (Å²) >= 11 is 0. The molecule has 2 saturated heterocycles. The quantitative estimate of drug-likeness (QED) is 0.378. The minimum absolute atomic E-state index is 0.0750. The average molecular weight is 534 g/mol. The van der Waals surface area contributed by atoms with Crippen LogP contribution < -0.4 is 5.56 Å². The zero-order valence-corrected chi connectivity index (χ0v) is 24.2. The van der Waals surface area contributed by atoms with E-state index in [1.54, 1.807) is 6.92 Å². The van der Waals surface area contributed by atoms with E-state index in [0.717, 1.165) is 36.1 Å². The molecule has 6 nitrogen and oxygen atoms in total. The smallest absolute Gasteiger partial charge is 0.362 e. The van der Waals surface area contributed by atoms with Gasteiger partial charge in [-0.15, -0.1) is 0 Å². The normalized spacial score (nSPS) is 33.9. The largest absolute Gasteiger partial charge is 0.461 e. The summed E-state index contributed by atoms with van der Waals surface area (Å²) in [7, 11) is 0. The number of hydrogen-bond acceptors (Lipinski definition) is 5. The molecule has 6 rings (SSSR count). The molecule has 2 aliphatic heterocycles. The van der Waals surface area contributed by atoms with Gasteiger partial charge in [0.2, 0.25) is 5.69 Å². The lowest BCUT2D eigenvalue weighted by atomic mass is 9.64. The maximum Gasteiger partial charge on any atom is 0.362 e. The number of ether oxygens (including phenoxy) is 1. The van der Waals surface area contributed by atoms with Crippen molar-refractivity contribution in [2.24, 2.45) is 17.8 Å². The van der Waals surface area contributed by atoms with Crippen molar-refractivity contribution in [1.82, 2.24) is 14.5 Å². The number of piperidine rings is 1. The predicted molar refractivity (Wildman–Crippen MR) is 155 cm³/mol. The summed E-state index contributed by atoms with van der Waals surface area (Å²) in [5, 5.41) is 0. The van der Waals surface area contributed by atoms with Crippen LogP contribution in [0.3, 0.4) is 0 Å². The van der Waals surface area contributed by atoms with Crippen LogP contribution in [0.15, 0.2) is 29.1 Å². The summed E-state index contributed by atoms with van der Waals surface area (Å²) < 4.78 is 7.15. The Bertz CT molecular complexity index is 1220. The third-order valence-electron chi connectivity index (χ3n) is 10.5. The number of carbonyl (C=O) groups is 1. The molecule has 2 saturated carbocycles. The first-order chi connectivity index (χ1) is 18.9. The van der Waals surface area contributed by atoms with E-state index in [2.05, 4.69) is 23.7 Å². The van der Waals surface area contributed by atoms with E-state index in [9.17, 15) is 9.59 Å². The van der Waals surface area contributed by atoms with Crippen molar-refractivity contribution in [1.29, 1.82) is 0 Å². The van der Waals surface area contributed by atoms with Gasteiger partial charge >= 0.3 is 5.97 Å². The highest BCUT2D eigenvalue weighted by molar-refractivity contribution is 5.89. The Morgan fingerprint density at radius 2 is 1.62 bits per heavy atom. The number of fused-ring (bicyclic) bond motifs is 3. The third-order valence-corrected chi connectivity index (χ3v) is 10.5. The molecule has 3 heterocycles. The van der Waals surface area contributed by atoms with Gasteiger partial charge in [0.15, 0.2) is 0 Å². The SMILES string of the molecule is CCOC(=O)c1nc2ccccc2n([C@H]2C[C@H]3CC[C@@H](C2)N3C2(CC3CCCCC3)CC(C)CC(C)C2)c1=O. The van der Waals surface area contributed by atoms with Crippen molar-refractivity contribution in [3.63, 3.8) is 0 Å². The number of aromatic nitrogens is 2. The molecule has 2 unspecified atom stereocenters. The lowest BCUT2D eigenvalue weighted by Gasteiger charge is -2.57. The fourth-order valence-electron chi connectivity index (χ4n) is 9.63. The first-order valence-electron chi connectivity index (χ1n) is 15.9. The minimum atomic E-state index is -0.612. The Morgan fingerprint density at radius 3 is 2.28 bits per heavy atom. The topological polar surface area (TPSA) is 64.4 Å². The Labute approximate surface area is 233 Å². The Morgan fingerprint density at radius 1 is 0.949 bits per heavy atom. The van der Waals surface area contributed by atoms with Crippen LogP contribution in [0.5, 0.6) is 0 Å². The Kier molecular flexibility index (Phi) is 7.60. The van der Waals surface area contributed by atoms with Gasteiger partial charge in [0.1, 0.15) is 0 Å². The molecular weight excluding hydrogens is 486 g/mol. The molecule has 2 aliphatic carbocycles. The van der Waals surface area contributed by atoms with Crippen LogP contribution in [0.2, 0.25) is 0 Å².